The molecular weight excluding hydrogens is 140 g/mol. The molecule has 0 saturated heterocycles. The van der Waals surface area contributed by atoms with E-state index in [0.29, 0.717) is 0 Å². The van der Waals surface area contributed by atoms with Gasteiger partial charge >= 0.3 is 0 Å². The maximum Gasteiger partial charge on any atom is 0.130 e. The summed E-state index contributed by atoms with van der Waals surface area (Å²) in [7, 11) is 9.63. The summed E-state index contributed by atoms with van der Waals surface area (Å²) in [5.74, 6) is 0. The van der Waals surface area contributed by atoms with Crippen LogP contribution in [0.15, 0.2) is 12.3 Å². The van der Waals surface area contributed by atoms with Crippen molar-refractivity contribution in [3.05, 3.63) is 12.3 Å². The van der Waals surface area contributed by atoms with E-state index in [1.54, 1.807) is 7.11 Å². The number of rotatable bonds is 4. The van der Waals surface area contributed by atoms with Crippen LogP contribution in [0, 0.1) is 0 Å². The maximum atomic E-state index is 5.17. The van der Waals surface area contributed by atoms with E-state index in [9.17, 15) is 0 Å². The van der Waals surface area contributed by atoms with E-state index in [1.165, 1.54) is 0 Å². The number of nitrogens with zero attached hydrogens (tertiary/aromatic N) is 2. The highest BCUT2D eigenvalue weighted by molar-refractivity contribution is 4.86. The van der Waals surface area contributed by atoms with Gasteiger partial charge < -0.3 is 9.64 Å². The van der Waals surface area contributed by atoms with Crippen LogP contribution >= 0.6 is 0 Å². The van der Waals surface area contributed by atoms with Crippen LogP contribution in [-0.4, -0.2) is 51.3 Å². The molecule has 0 aliphatic heterocycles. The van der Waals surface area contributed by atoms with Gasteiger partial charge in [0, 0.05) is 21.2 Å². The van der Waals surface area contributed by atoms with E-state index in [2.05, 4.69) is 0 Å². The molecule has 0 aliphatic rings. The SMILES string of the molecule is COC(C=CN(C)C)N(C)C. The average molecular weight is 158 g/mol. The molecule has 0 N–H and O–H groups in total. The summed E-state index contributed by atoms with van der Waals surface area (Å²) >= 11 is 0. The van der Waals surface area contributed by atoms with Crippen LogP contribution in [0.5, 0.6) is 0 Å². The minimum atomic E-state index is 0.0670. The molecule has 11 heavy (non-hydrogen) atoms. The first kappa shape index (κ1) is 10.5. The third-order valence-electron chi connectivity index (χ3n) is 1.30. The van der Waals surface area contributed by atoms with Gasteiger partial charge in [0.1, 0.15) is 6.23 Å². The summed E-state index contributed by atoms with van der Waals surface area (Å²) in [6.45, 7) is 0. The molecule has 0 heterocycles. The molecular formula is C8H18N2O. The fourth-order valence-electron chi connectivity index (χ4n) is 0.707. The Labute approximate surface area is 69.2 Å². The maximum absolute atomic E-state index is 5.17. The van der Waals surface area contributed by atoms with Gasteiger partial charge in [0.05, 0.1) is 0 Å². The highest BCUT2D eigenvalue weighted by Crippen LogP contribution is 1.95. The quantitative estimate of drug-likeness (QED) is 0.557. The molecule has 66 valence electrons. The lowest BCUT2D eigenvalue weighted by Gasteiger charge is -2.19. The van der Waals surface area contributed by atoms with Crippen molar-refractivity contribution in [1.29, 1.82) is 0 Å². The Morgan fingerprint density at radius 2 is 1.73 bits per heavy atom. The topological polar surface area (TPSA) is 15.7 Å². The second kappa shape index (κ2) is 5.16. The summed E-state index contributed by atoms with van der Waals surface area (Å²) in [5, 5.41) is 0. The Kier molecular flexibility index (Phi) is 4.90. The third kappa shape index (κ3) is 4.81. The van der Waals surface area contributed by atoms with Gasteiger partial charge in [0.2, 0.25) is 0 Å². The fraction of sp³-hybridized carbons (Fsp3) is 0.750. The van der Waals surface area contributed by atoms with E-state index in [0.717, 1.165) is 0 Å². The largest absolute Gasteiger partial charge is 0.384 e. The Hall–Kier alpha value is -0.540. The molecule has 0 aromatic rings. The average Bonchev–Trinajstić information content (AvgIpc) is 1.87. The highest BCUT2D eigenvalue weighted by Gasteiger charge is 2.03. The lowest BCUT2D eigenvalue weighted by atomic mass is 10.5. The molecule has 0 aromatic heterocycles. The molecule has 0 rings (SSSR count). The van der Waals surface area contributed by atoms with E-state index >= 15 is 0 Å². The van der Waals surface area contributed by atoms with E-state index < -0.39 is 0 Å². The van der Waals surface area contributed by atoms with Crippen LogP contribution in [0.2, 0.25) is 0 Å². The van der Waals surface area contributed by atoms with E-state index in [-0.39, 0.29) is 6.23 Å². The van der Waals surface area contributed by atoms with Crippen LogP contribution in [0.3, 0.4) is 0 Å². The van der Waals surface area contributed by atoms with Gasteiger partial charge in [-0.2, -0.15) is 0 Å². The number of methoxy groups -OCH3 is 1. The van der Waals surface area contributed by atoms with Gasteiger partial charge in [-0.3, -0.25) is 4.90 Å². The number of ether oxygens (including phenoxy) is 1. The zero-order chi connectivity index (χ0) is 8.85. The van der Waals surface area contributed by atoms with Crippen molar-refractivity contribution in [2.45, 2.75) is 6.23 Å². The summed E-state index contributed by atoms with van der Waals surface area (Å²) in [6, 6.07) is 0. The van der Waals surface area contributed by atoms with Crippen molar-refractivity contribution in [3.8, 4) is 0 Å². The summed E-state index contributed by atoms with van der Waals surface area (Å²) in [5.41, 5.74) is 0. The fourth-order valence-corrected chi connectivity index (χ4v) is 0.707. The van der Waals surface area contributed by atoms with Crippen molar-refractivity contribution in [2.75, 3.05) is 35.3 Å². The molecule has 3 nitrogen and oxygen atoms in total. The second-order valence-corrected chi connectivity index (χ2v) is 2.90. The molecule has 0 radical (unpaired) electrons. The summed E-state index contributed by atoms with van der Waals surface area (Å²) in [4.78, 5) is 3.98. The summed E-state index contributed by atoms with van der Waals surface area (Å²) < 4.78 is 5.17. The molecule has 3 heteroatoms. The molecule has 0 bridgehead atoms. The first-order valence-corrected chi connectivity index (χ1v) is 3.62. The van der Waals surface area contributed by atoms with E-state index in [1.807, 2.05) is 50.3 Å². The molecule has 0 fully saturated rings. The zero-order valence-corrected chi connectivity index (χ0v) is 8.03. The number of hydrogen-bond acceptors (Lipinski definition) is 3. The standard InChI is InChI=1S/C8H18N2O/c1-9(2)7-6-8(11-5)10(3)4/h6-8H,1-5H3. The van der Waals surface area contributed by atoms with Crippen LogP contribution in [-0.2, 0) is 4.74 Å². The van der Waals surface area contributed by atoms with Crippen molar-refractivity contribution in [2.24, 2.45) is 0 Å². The number of likely N-dealkylation sites (N-methyl/N-ethyl adjacent to an activating group) is 1. The van der Waals surface area contributed by atoms with Crippen molar-refractivity contribution in [3.63, 3.8) is 0 Å². The van der Waals surface area contributed by atoms with Gasteiger partial charge in [-0.1, -0.05) is 0 Å². The van der Waals surface area contributed by atoms with Gasteiger partial charge in [-0.25, -0.2) is 0 Å². The highest BCUT2D eigenvalue weighted by atomic mass is 16.5. The van der Waals surface area contributed by atoms with Crippen molar-refractivity contribution < 1.29 is 4.74 Å². The van der Waals surface area contributed by atoms with Crippen LogP contribution < -0.4 is 0 Å². The minimum absolute atomic E-state index is 0.0670. The lowest BCUT2D eigenvalue weighted by Crippen LogP contribution is -2.27. The van der Waals surface area contributed by atoms with Crippen LogP contribution in [0.1, 0.15) is 0 Å². The number of hydrogen-bond donors (Lipinski definition) is 0. The third-order valence-corrected chi connectivity index (χ3v) is 1.30. The minimum Gasteiger partial charge on any atom is -0.384 e. The molecule has 0 saturated carbocycles. The first-order chi connectivity index (χ1) is 5.07. The van der Waals surface area contributed by atoms with Gasteiger partial charge in [-0.05, 0) is 26.4 Å². The zero-order valence-electron chi connectivity index (χ0n) is 8.03. The normalized spacial score (nSPS) is 14.4. The molecule has 0 spiro atoms. The van der Waals surface area contributed by atoms with Gasteiger partial charge in [0.25, 0.3) is 0 Å². The Bertz CT molecular complexity index is 121. The van der Waals surface area contributed by atoms with Crippen molar-refractivity contribution in [1.82, 2.24) is 9.80 Å². The monoisotopic (exact) mass is 158 g/mol. The Morgan fingerprint density at radius 1 is 1.18 bits per heavy atom. The predicted octanol–water partition coefficient (Wildman–Crippen LogP) is 0.596. The first-order valence-electron chi connectivity index (χ1n) is 3.62. The Balaban J connectivity index is 3.87. The van der Waals surface area contributed by atoms with E-state index in [4.69, 9.17) is 4.74 Å². The lowest BCUT2D eigenvalue weighted by molar-refractivity contribution is 0.0335. The van der Waals surface area contributed by atoms with Crippen LogP contribution in [0.4, 0.5) is 0 Å². The smallest absolute Gasteiger partial charge is 0.130 e. The van der Waals surface area contributed by atoms with Crippen molar-refractivity contribution >= 4 is 0 Å². The van der Waals surface area contributed by atoms with Crippen LogP contribution in [0.25, 0.3) is 0 Å². The molecule has 0 aromatic carbocycles. The molecule has 1 unspecified atom stereocenters. The molecule has 0 aliphatic carbocycles. The van der Waals surface area contributed by atoms with Gasteiger partial charge in [-0.15, -0.1) is 0 Å². The molecule has 0 amide bonds. The second-order valence-electron chi connectivity index (χ2n) is 2.90. The Morgan fingerprint density at radius 3 is 2.00 bits per heavy atom. The summed E-state index contributed by atoms with van der Waals surface area (Å²) in [6.07, 6.45) is 4.05. The predicted molar refractivity (Wildman–Crippen MR) is 47.3 cm³/mol. The molecule has 1 atom stereocenters. The van der Waals surface area contributed by atoms with Gasteiger partial charge in [0.15, 0.2) is 0 Å².